The van der Waals surface area contributed by atoms with Gasteiger partial charge in [-0.05, 0) is 24.3 Å². The molecule has 104 valence electrons. The van der Waals surface area contributed by atoms with Crippen molar-refractivity contribution in [2.24, 2.45) is 0 Å². The van der Waals surface area contributed by atoms with Crippen LogP contribution in [0.4, 0.5) is 11.5 Å². The van der Waals surface area contributed by atoms with Crippen molar-refractivity contribution in [2.45, 2.75) is 6.42 Å². The van der Waals surface area contributed by atoms with Crippen LogP contribution in [-0.4, -0.2) is 17.5 Å². The Kier molecular flexibility index (Phi) is 4.79. The van der Waals surface area contributed by atoms with Gasteiger partial charge in [0.2, 0.25) is 5.91 Å². The molecule has 0 bridgehead atoms. The smallest absolute Gasteiger partial charge is 0.228 e. The van der Waals surface area contributed by atoms with Crippen LogP contribution in [0.2, 0.25) is 5.02 Å². The second-order valence-corrected chi connectivity index (χ2v) is 4.51. The van der Waals surface area contributed by atoms with E-state index in [1.54, 1.807) is 36.4 Å². The summed E-state index contributed by atoms with van der Waals surface area (Å²) < 4.78 is 5.43. The van der Waals surface area contributed by atoms with Gasteiger partial charge in [-0.15, -0.1) is 0 Å². The van der Waals surface area contributed by atoms with E-state index < -0.39 is 0 Å². The maximum atomic E-state index is 11.7. The maximum Gasteiger partial charge on any atom is 0.228 e. The van der Waals surface area contributed by atoms with Crippen LogP contribution in [0.3, 0.4) is 0 Å². The summed E-state index contributed by atoms with van der Waals surface area (Å²) in [5.41, 5.74) is 6.25. The van der Waals surface area contributed by atoms with E-state index in [9.17, 15) is 4.79 Å². The fourth-order valence-corrected chi connectivity index (χ4v) is 1.70. The second-order valence-electron chi connectivity index (χ2n) is 4.08. The number of pyridine rings is 1. The first-order valence-electron chi connectivity index (χ1n) is 6.03. The number of benzene rings is 1. The largest absolute Gasteiger partial charge is 0.493 e. The van der Waals surface area contributed by atoms with E-state index in [1.165, 1.54) is 6.20 Å². The van der Waals surface area contributed by atoms with Gasteiger partial charge in [0.25, 0.3) is 0 Å². The standard InChI is InChI=1S/C14H14ClN3O2/c15-10-4-6-17-13(8-10)18-14(19)5-7-20-12-3-1-2-11(16)9-12/h1-4,6,8-9H,5,7,16H2,(H,17,18,19). The minimum atomic E-state index is -0.191. The number of nitrogens with two attached hydrogens (primary N) is 1. The van der Waals surface area contributed by atoms with Gasteiger partial charge in [0, 0.05) is 23.0 Å². The fraction of sp³-hybridized carbons (Fsp3) is 0.143. The summed E-state index contributed by atoms with van der Waals surface area (Å²) in [7, 11) is 0. The number of amides is 1. The topological polar surface area (TPSA) is 77.2 Å². The van der Waals surface area contributed by atoms with Gasteiger partial charge in [-0.2, -0.15) is 0 Å². The van der Waals surface area contributed by atoms with Gasteiger partial charge in [0.15, 0.2) is 0 Å². The minimum Gasteiger partial charge on any atom is -0.493 e. The number of halogens is 1. The highest BCUT2D eigenvalue weighted by Crippen LogP contribution is 2.15. The monoisotopic (exact) mass is 291 g/mol. The summed E-state index contributed by atoms with van der Waals surface area (Å²) in [6.07, 6.45) is 1.74. The van der Waals surface area contributed by atoms with Crippen molar-refractivity contribution in [3.8, 4) is 5.75 Å². The van der Waals surface area contributed by atoms with E-state index in [1.807, 2.05) is 0 Å². The Hall–Kier alpha value is -2.27. The van der Waals surface area contributed by atoms with E-state index in [-0.39, 0.29) is 18.9 Å². The van der Waals surface area contributed by atoms with E-state index in [2.05, 4.69) is 10.3 Å². The molecule has 0 spiro atoms. The molecule has 1 amide bonds. The third kappa shape index (κ3) is 4.44. The van der Waals surface area contributed by atoms with E-state index in [0.717, 1.165) is 0 Å². The third-order valence-corrected chi connectivity index (χ3v) is 2.68. The molecular formula is C14H14ClN3O2. The van der Waals surface area contributed by atoms with Crippen molar-refractivity contribution in [3.05, 3.63) is 47.6 Å². The maximum absolute atomic E-state index is 11.7. The second kappa shape index (κ2) is 6.77. The predicted octanol–water partition coefficient (Wildman–Crippen LogP) is 2.72. The molecule has 0 aliphatic heterocycles. The van der Waals surface area contributed by atoms with Crippen LogP contribution in [-0.2, 0) is 4.79 Å². The molecule has 2 aromatic rings. The van der Waals surface area contributed by atoms with Crippen LogP contribution in [0.25, 0.3) is 0 Å². The van der Waals surface area contributed by atoms with Crippen LogP contribution >= 0.6 is 11.6 Å². The van der Waals surface area contributed by atoms with Crippen molar-refractivity contribution >= 4 is 29.0 Å². The number of hydrogen-bond donors (Lipinski definition) is 2. The molecule has 0 radical (unpaired) electrons. The number of carbonyl (C=O) groups excluding carboxylic acids is 1. The Morgan fingerprint density at radius 2 is 2.20 bits per heavy atom. The number of nitrogens with zero attached hydrogens (tertiary/aromatic N) is 1. The normalized spacial score (nSPS) is 10.1. The van der Waals surface area contributed by atoms with Gasteiger partial charge in [0.1, 0.15) is 11.6 Å². The lowest BCUT2D eigenvalue weighted by molar-refractivity contribution is -0.116. The van der Waals surface area contributed by atoms with E-state index in [4.69, 9.17) is 22.1 Å². The highest BCUT2D eigenvalue weighted by molar-refractivity contribution is 6.30. The number of carbonyl (C=O) groups is 1. The Morgan fingerprint density at radius 1 is 1.35 bits per heavy atom. The van der Waals surface area contributed by atoms with Crippen LogP contribution in [0.5, 0.6) is 5.75 Å². The van der Waals surface area contributed by atoms with Gasteiger partial charge in [-0.25, -0.2) is 4.98 Å². The molecule has 0 unspecified atom stereocenters. The first-order chi connectivity index (χ1) is 9.63. The fourth-order valence-electron chi connectivity index (χ4n) is 1.54. The van der Waals surface area contributed by atoms with Gasteiger partial charge < -0.3 is 15.8 Å². The van der Waals surface area contributed by atoms with Crippen molar-refractivity contribution in [1.29, 1.82) is 0 Å². The molecule has 0 aliphatic carbocycles. The van der Waals surface area contributed by atoms with Gasteiger partial charge in [-0.3, -0.25) is 4.79 Å². The Morgan fingerprint density at radius 3 is 2.95 bits per heavy atom. The number of ether oxygens (including phenoxy) is 1. The third-order valence-electron chi connectivity index (χ3n) is 2.45. The van der Waals surface area contributed by atoms with Gasteiger partial charge in [0.05, 0.1) is 13.0 Å². The lowest BCUT2D eigenvalue weighted by Crippen LogP contribution is -2.15. The molecule has 0 atom stereocenters. The van der Waals surface area contributed by atoms with E-state index in [0.29, 0.717) is 22.3 Å². The summed E-state index contributed by atoms with van der Waals surface area (Å²) in [6, 6.07) is 10.3. The molecule has 5 nitrogen and oxygen atoms in total. The van der Waals surface area contributed by atoms with Crippen LogP contribution in [0.1, 0.15) is 6.42 Å². The first kappa shape index (κ1) is 14.1. The summed E-state index contributed by atoms with van der Waals surface area (Å²) in [6.45, 7) is 0.260. The number of rotatable bonds is 5. The zero-order chi connectivity index (χ0) is 14.4. The molecule has 20 heavy (non-hydrogen) atoms. The quantitative estimate of drug-likeness (QED) is 0.830. The number of anilines is 2. The summed E-state index contributed by atoms with van der Waals surface area (Å²) in [4.78, 5) is 15.7. The Balaban J connectivity index is 1.78. The molecule has 0 saturated heterocycles. The molecule has 6 heteroatoms. The van der Waals surface area contributed by atoms with E-state index >= 15 is 0 Å². The average Bonchev–Trinajstić information content (AvgIpc) is 2.38. The van der Waals surface area contributed by atoms with Crippen LogP contribution in [0.15, 0.2) is 42.6 Å². The van der Waals surface area contributed by atoms with Crippen molar-refractivity contribution in [2.75, 3.05) is 17.7 Å². The van der Waals surface area contributed by atoms with Crippen molar-refractivity contribution < 1.29 is 9.53 Å². The lowest BCUT2D eigenvalue weighted by Gasteiger charge is -2.07. The molecular weight excluding hydrogens is 278 g/mol. The molecule has 0 fully saturated rings. The van der Waals surface area contributed by atoms with Crippen molar-refractivity contribution in [3.63, 3.8) is 0 Å². The average molecular weight is 292 g/mol. The van der Waals surface area contributed by atoms with Crippen LogP contribution in [0, 0.1) is 0 Å². The zero-order valence-electron chi connectivity index (χ0n) is 10.7. The Bertz CT molecular complexity index is 604. The summed E-state index contributed by atoms with van der Waals surface area (Å²) in [5, 5.41) is 3.16. The minimum absolute atomic E-state index is 0.191. The molecule has 2 rings (SSSR count). The summed E-state index contributed by atoms with van der Waals surface area (Å²) >= 11 is 5.80. The van der Waals surface area contributed by atoms with Crippen LogP contribution < -0.4 is 15.8 Å². The number of nitrogens with one attached hydrogen (secondary N) is 1. The number of aromatic nitrogens is 1. The number of hydrogen-bond acceptors (Lipinski definition) is 4. The molecule has 1 aromatic carbocycles. The van der Waals surface area contributed by atoms with Crippen molar-refractivity contribution in [1.82, 2.24) is 4.98 Å². The SMILES string of the molecule is Nc1cccc(OCCC(=O)Nc2cc(Cl)ccn2)c1. The number of nitrogen functional groups attached to an aromatic ring is 1. The molecule has 1 aromatic heterocycles. The lowest BCUT2D eigenvalue weighted by atomic mass is 10.3. The molecule has 0 aliphatic rings. The van der Waals surface area contributed by atoms with Gasteiger partial charge >= 0.3 is 0 Å². The van der Waals surface area contributed by atoms with Gasteiger partial charge in [-0.1, -0.05) is 17.7 Å². The summed E-state index contributed by atoms with van der Waals surface area (Å²) in [5.74, 6) is 0.869. The molecule has 3 N–H and O–H groups in total. The predicted molar refractivity (Wildman–Crippen MR) is 78.8 cm³/mol. The Labute approximate surface area is 121 Å². The zero-order valence-corrected chi connectivity index (χ0v) is 11.4. The first-order valence-corrected chi connectivity index (χ1v) is 6.41. The highest BCUT2D eigenvalue weighted by Gasteiger charge is 2.04. The molecule has 0 saturated carbocycles. The molecule has 1 heterocycles. The highest BCUT2D eigenvalue weighted by atomic mass is 35.5.